The lowest BCUT2D eigenvalue weighted by molar-refractivity contribution is -0.166. The summed E-state index contributed by atoms with van der Waals surface area (Å²) in [4.78, 5) is 38.3. The van der Waals surface area contributed by atoms with E-state index < -0.39 is 12.1 Å². The molecule has 6 nitrogen and oxygen atoms in total. The molecule has 1 atom stereocenters. The van der Waals surface area contributed by atoms with Crippen LogP contribution in [0, 0.1) is 0 Å². The summed E-state index contributed by atoms with van der Waals surface area (Å²) in [5.74, 6) is -1.04. The van der Waals surface area contributed by atoms with E-state index in [1.165, 1.54) is 180 Å². The zero-order chi connectivity index (χ0) is 55.7. The van der Waals surface area contributed by atoms with Crippen LogP contribution < -0.4 is 0 Å². The van der Waals surface area contributed by atoms with Gasteiger partial charge in [-0.2, -0.15) is 0 Å². The van der Waals surface area contributed by atoms with Gasteiger partial charge in [0.25, 0.3) is 0 Å². The Morgan fingerprint density at radius 2 is 0.558 bits per heavy atom. The predicted molar refractivity (Wildman–Crippen MR) is 334 cm³/mol. The highest BCUT2D eigenvalue weighted by Gasteiger charge is 2.19. The summed E-state index contributed by atoms with van der Waals surface area (Å²) in [5.41, 5.74) is 0. The molecule has 0 saturated carbocycles. The van der Waals surface area contributed by atoms with Crippen molar-refractivity contribution in [1.82, 2.24) is 0 Å². The Balaban J connectivity index is 4.43. The van der Waals surface area contributed by atoms with Crippen molar-refractivity contribution in [3.63, 3.8) is 0 Å². The van der Waals surface area contributed by atoms with Gasteiger partial charge in [0.05, 0.1) is 6.42 Å². The summed E-state index contributed by atoms with van der Waals surface area (Å²) in [5, 5.41) is 0. The Morgan fingerprint density at radius 3 is 0.909 bits per heavy atom. The maximum Gasteiger partial charge on any atom is 0.309 e. The Morgan fingerprint density at radius 1 is 0.286 bits per heavy atom. The molecule has 0 aromatic heterocycles. The molecular formula is C71H120O6. The Labute approximate surface area is 476 Å². The maximum atomic E-state index is 12.9. The second-order valence-corrected chi connectivity index (χ2v) is 21.3. The Kier molecular flexibility index (Phi) is 61.3. The molecule has 0 aromatic carbocycles. The van der Waals surface area contributed by atoms with Crippen LogP contribution in [0.15, 0.2) is 109 Å². The second kappa shape index (κ2) is 64.6. The standard InChI is InChI=1S/C71H120O6/c1-4-7-10-13-16-19-22-25-28-30-32-34-35-37-38-40-43-46-49-52-55-58-61-64-70(73)76-67-68(66-75-69(72)63-60-57-54-51-48-45-42-27-24-21-18-15-12-9-6-3)77-71(74)65-62-59-56-53-50-47-44-41-39-36-33-31-29-26-23-20-17-14-11-8-5-2/h9,12,18,21-23,25-27,30-33,42,48,51,57,60,68H,4-8,10-11,13-17,19-20,24,28-29,34-41,43-47,49-50,52-56,58-59,61-67H2,1-3H3/b12-9-,21-18-,25-22-,26-23-,32-30-,33-31-,42-27-,51-48-,60-57-. The number of carbonyl (C=O) groups is 3. The summed E-state index contributed by atoms with van der Waals surface area (Å²) in [6, 6.07) is 0. The maximum absolute atomic E-state index is 12.9. The van der Waals surface area contributed by atoms with Crippen LogP contribution in [0.3, 0.4) is 0 Å². The summed E-state index contributed by atoms with van der Waals surface area (Å²) < 4.78 is 16.8. The van der Waals surface area contributed by atoms with E-state index in [1.54, 1.807) is 6.08 Å². The van der Waals surface area contributed by atoms with Crippen molar-refractivity contribution in [3.05, 3.63) is 109 Å². The first-order valence-electron chi connectivity index (χ1n) is 32.4. The number of unbranched alkanes of at least 4 members (excludes halogenated alkanes) is 30. The third kappa shape index (κ3) is 62.8. The van der Waals surface area contributed by atoms with Crippen LogP contribution in [0.2, 0.25) is 0 Å². The van der Waals surface area contributed by atoms with Crippen LogP contribution in [0.25, 0.3) is 0 Å². The van der Waals surface area contributed by atoms with Gasteiger partial charge in [-0.25, -0.2) is 0 Å². The Bertz CT molecular complexity index is 1560. The van der Waals surface area contributed by atoms with Gasteiger partial charge in [0, 0.05) is 12.8 Å². The molecule has 0 amide bonds. The zero-order valence-electron chi connectivity index (χ0n) is 50.4. The third-order valence-corrected chi connectivity index (χ3v) is 13.8. The average molecular weight is 1070 g/mol. The average Bonchev–Trinajstić information content (AvgIpc) is 3.43. The van der Waals surface area contributed by atoms with Gasteiger partial charge >= 0.3 is 17.9 Å². The van der Waals surface area contributed by atoms with Crippen LogP contribution in [0.1, 0.15) is 303 Å². The van der Waals surface area contributed by atoms with Crippen LogP contribution in [0.5, 0.6) is 0 Å². The van der Waals surface area contributed by atoms with Crippen molar-refractivity contribution in [1.29, 1.82) is 0 Å². The molecule has 1 unspecified atom stereocenters. The lowest BCUT2D eigenvalue weighted by atomic mass is 10.0. The van der Waals surface area contributed by atoms with Crippen molar-refractivity contribution in [2.24, 2.45) is 0 Å². The van der Waals surface area contributed by atoms with Gasteiger partial charge in [0.15, 0.2) is 6.10 Å². The molecule has 0 fully saturated rings. The fourth-order valence-electron chi connectivity index (χ4n) is 8.93. The fourth-order valence-corrected chi connectivity index (χ4v) is 8.93. The van der Waals surface area contributed by atoms with Crippen LogP contribution in [0.4, 0.5) is 0 Å². The lowest BCUT2D eigenvalue weighted by Crippen LogP contribution is -2.30. The number of esters is 3. The highest BCUT2D eigenvalue weighted by molar-refractivity contribution is 5.72. The molecule has 0 aliphatic rings. The highest BCUT2D eigenvalue weighted by Crippen LogP contribution is 2.16. The van der Waals surface area contributed by atoms with E-state index in [4.69, 9.17) is 14.2 Å². The van der Waals surface area contributed by atoms with E-state index in [0.29, 0.717) is 12.8 Å². The van der Waals surface area contributed by atoms with Gasteiger partial charge in [-0.3, -0.25) is 14.4 Å². The molecule has 0 radical (unpaired) electrons. The minimum atomic E-state index is -0.824. The highest BCUT2D eigenvalue weighted by atomic mass is 16.6. The summed E-state index contributed by atoms with van der Waals surface area (Å²) in [7, 11) is 0. The van der Waals surface area contributed by atoms with Crippen LogP contribution in [-0.4, -0.2) is 37.2 Å². The molecular weight excluding hydrogens is 949 g/mol. The molecule has 0 spiro atoms. The van der Waals surface area contributed by atoms with Crippen molar-refractivity contribution in [3.8, 4) is 0 Å². The molecule has 0 bridgehead atoms. The van der Waals surface area contributed by atoms with Crippen molar-refractivity contribution in [2.75, 3.05) is 13.2 Å². The minimum absolute atomic E-state index is 0.111. The summed E-state index contributed by atoms with van der Waals surface area (Å²) in [6.07, 6.45) is 88.3. The van der Waals surface area contributed by atoms with Gasteiger partial charge in [-0.15, -0.1) is 0 Å². The number of carbonyl (C=O) groups excluding carboxylic acids is 3. The largest absolute Gasteiger partial charge is 0.462 e. The predicted octanol–water partition coefficient (Wildman–Crippen LogP) is 22.2. The number of hydrogen-bond donors (Lipinski definition) is 0. The SMILES string of the molecule is CC/C=C\C/C=C\C/C=C\C/C=C\C/C=C\CC(=O)OCC(COC(=O)CCCCCCCCCCCCC/C=C\C/C=C\CCCCCCC)OC(=O)CCCCCCCCCCC/C=C\C/C=C\CCCCCCC. The normalized spacial score (nSPS) is 12.8. The zero-order valence-corrected chi connectivity index (χ0v) is 50.4. The van der Waals surface area contributed by atoms with Crippen LogP contribution in [-0.2, 0) is 28.6 Å². The van der Waals surface area contributed by atoms with Crippen LogP contribution >= 0.6 is 0 Å². The molecule has 0 aliphatic carbocycles. The number of hydrogen-bond acceptors (Lipinski definition) is 6. The van der Waals surface area contributed by atoms with E-state index in [0.717, 1.165) is 83.5 Å². The summed E-state index contributed by atoms with van der Waals surface area (Å²) >= 11 is 0. The number of ether oxygens (including phenoxy) is 3. The summed E-state index contributed by atoms with van der Waals surface area (Å²) in [6.45, 7) is 6.44. The number of rotatable bonds is 58. The van der Waals surface area contributed by atoms with Crippen molar-refractivity contribution in [2.45, 2.75) is 309 Å². The Hall–Kier alpha value is -3.93. The van der Waals surface area contributed by atoms with Crippen molar-refractivity contribution < 1.29 is 28.6 Å². The van der Waals surface area contributed by atoms with E-state index in [9.17, 15) is 14.4 Å². The fraction of sp³-hybridized carbons (Fsp3) is 0.704. The van der Waals surface area contributed by atoms with E-state index >= 15 is 0 Å². The number of allylic oxidation sites excluding steroid dienone is 17. The quantitative estimate of drug-likeness (QED) is 0.0261. The molecule has 0 saturated heterocycles. The monoisotopic (exact) mass is 1070 g/mol. The second-order valence-electron chi connectivity index (χ2n) is 21.3. The first-order chi connectivity index (χ1) is 38.0. The van der Waals surface area contributed by atoms with Gasteiger partial charge < -0.3 is 14.2 Å². The van der Waals surface area contributed by atoms with Gasteiger partial charge in [0.1, 0.15) is 13.2 Å². The molecule has 0 aliphatic heterocycles. The van der Waals surface area contributed by atoms with E-state index in [2.05, 4.69) is 118 Å². The first-order valence-corrected chi connectivity index (χ1v) is 32.4. The minimum Gasteiger partial charge on any atom is -0.462 e. The first kappa shape index (κ1) is 73.1. The molecule has 0 N–H and O–H groups in total. The topological polar surface area (TPSA) is 78.9 Å². The van der Waals surface area contributed by atoms with Gasteiger partial charge in [-0.05, 0) is 109 Å². The molecule has 77 heavy (non-hydrogen) atoms. The molecule has 0 aromatic rings. The third-order valence-electron chi connectivity index (χ3n) is 13.8. The molecule has 0 rings (SSSR count). The van der Waals surface area contributed by atoms with E-state index in [1.807, 2.05) is 6.08 Å². The van der Waals surface area contributed by atoms with Gasteiger partial charge in [0.2, 0.25) is 0 Å². The molecule has 0 heterocycles. The molecule has 440 valence electrons. The molecule has 6 heteroatoms. The van der Waals surface area contributed by atoms with E-state index in [-0.39, 0.29) is 31.6 Å². The van der Waals surface area contributed by atoms with Crippen molar-refractivity contribution >= 4 is 17.9 Å². The van der Waals surface area contributed by atoms with Gasteiger partial charge in [-0.1, -0.05) is 284 Å². The lowest BCUT2D eigenvalue weighted by Gasteiger charge is -2.18. The smallest absolute Gasteiger partial charge is 0.309 e.